The van der Waals surface area contributed by atoms with Crippen molar-refractivity contribution in [2.45, 2.75) is 6.92 Å². The van der Waals surface area contributed by atoms with Crippen LogP contribution in [0.1, 0.15) is 5.01 Å². The van der Waals surface area contributed by atoms with E-state index in [-0.39, 0.29) is 12.5 Å². The Hall–Kier alpha value is -1.71. The van der Waals surface area contributed by atoms with Crippen LogP contribution in [0.5, 0.6) is 0 Å². The number of amides is 1. The second-order valence-corrected chi connectivity index (χ2v) is 8.79. The SMILES string of the molecule is Cc1nc2cc(N(CC(=O)N3CCOCC3)S(C)(=O)=O)ccc2s1. The Morgan fingerprint density at radius 2 is 2.08 bits per heavy atom. The van der Waals surface area contributed by atoms with E-state index in [2.05, 4.69) is 4.98 Å². The Morgan fingerprint density at radius 3 is 2.75 bits per heavy atom. The molecule has 0 radical (unpaired) electrons. The molecular weight excluding hydrogens is 350 g/mol. The molecule has 1 aromatic carbocycles. The van der Waals surface area contributed by atoms with E-state index in [0.29, 0.717) is 32.0 Å². The van der Waals surface area contributed by atoms with E-state index in [9.17, 15) is 13.2 Å². The van der Waals surface area contributed by atoms with Gasteiger partial charge in [0.1, 0.15) is 6.54 Å². The van der Waals surface area contributed by atoms with Crippen molar-refractivity contribution in [3.63, 3.8) is 0 Å². The number of carbonyl (C=O) groups is 1. The molecule has 1 fully saturated rings. The zero-order chi connectivity index (χ0) is 17.3. The second kappa shape index (κ2) is 6.66. The van der Waals surface area contributed by atoms with Gasteiger partial charge in [0.2, 0.25) is 15.9 Å². The number of aromatic nitrogens is 1. The minimum absolute atomic E-state index is 0.215. The molecule has 1 saturated heterocycles. The maximum absolute atomic E-state index is 12.4. The number of thiazole rings is 1. The van der Waals surface area contributed by atoms with Crippen LogP contribution in [0, 0.1) is 6.92 Å². The molecule has 0 spiro atoms. The number of rotatable bonds is 4. The average molecular weight is 369 g/mol. The van der Waals surface area contributed by atoms with Gasteiger partial charge in [0, 0.05) is 13.1 Å². The number of ether oxygens (including phenoxy) is 1. The quantitative estimate of drug-likeness (QED) is 0.810. The lowest BCUT2D eigenvalue weighted by molar-refractivity contribution is -0.133. The number of anilines is 1. The minimum Gasteiger partial charge on any atom is -0.378 e. The van der Waals surface area contributed by atoms with Crippen LogP contribution in [0.25, 0.3) is 10.2 Å². The van der Waals surface area contributed by atoms with Gasteiger partial charge in [0.05, 0.1) is 40.4 Å². The van der Waals surface area contributed by atoms with Crippen molar-refractivity contribution in [2.75, 3.05) is 43.4 Å². The molecule has 0 saturated carbocycles. The summed E-state index contributed by atoms with van der Waals surface area (Å²) in [4.78, 5) is 18.5. The fourth-order valence-corrected chi connectivity index (χ4v) is 4.27. The van der Waals surface area contributed by atoms with Gasteiger partial charge in [-0.2, -0.15) is 0 Å². The number of aryl methyl sites for hydroxylation is 1. The molecule has 3 rings (SSSR count). The lowest BCUT2D eigenvalue weighted by Gasteiger charge is -2.30. The van der Waals surface area contributed by atoms with Crippen molar-refractivity contribution in [3.8, 4) is 0 Å². The smallest absolute Gasteiger partial charge is 0.243 e. The van der Waals surface area contributed by atoms with E-state index in [1.807, 2.05) is 13.0 Å². The molecule has 130 valence electrons. The van der Waals surface area contributed by atoms with Gasteiger partial charge in [-0.15, -0.1) is 11.3 Å². The first-order valence-corrected chi connectivity index (χ1v) is 10.2. The van der Waals surface area contributed by atoms with E-state index in [1.54, 1.807) is 28.4 Å². The highest BCUT2D eigenvalue weighted by atomic mass is 32.2. The topological polar surface area (TPSA) is 79.8 Å². The Kier molecular flexibility index (Phi) is 4.75. The van der Waals surface area contributed by atoms with Gasteiger partial charge in [0.15, 0.2) is 0 Å². The first-order chi connectivity index (χ1) is 11.3. The Morgan fingerprint density at radius 1 is 1.38 bits per heavy atom. The van der Waals surface area contributed by atoms with Crippen molar-refractivity contribution in [3.05, 3.63) is 23.2 Å². The fourth-order valence-electron chi connectivity index (χ4n) is 2.62. The summed E-state index contributed by atoms with van der Waals surface area (Å²) < 4.78 is 31.8. The van der Waals surface area contributed by atoms with Crippen LogP contribution in [0.15, 0.2) is 18.2 Å². The standard InChI is InChI=1S/C15H19N3O4S2/c1-11-16-13-9-12(3-4-14(13)23-11)18(24(2,20)21)10-15(19)17-5-7-22-8-6-17/h3-4,9H,5-8,10H2,1-2H3. The van der Waals surface area contributed by atoms with Gasteiger partial charge in [-0.05, 0) is 25.1 Å². The minimum atomic E-state index is -3.58. The van der Waals surface area contributed by atoms with Gasteiger partial charge in [-0.25, -0.2) is 13.4 Å². The molecule has 2 heterocycles. The molecule has 1 aliphatic rings. The van der Waals surface area contributed by atoms with Crippen molar-refractivity contribution in [2.24, 2.45) is 0 Å². The molecule has 0 atom stereocenters. The van der Waals surface area contributed by atoms with Crippen LogP contribution < -0.4 is 4.31 Å². The maximum Gasteiger partial charge on any atom is 0.243 e. The number of nitrogens with zero attached hydrogens (tertiary/aromatic N) is 3. The van der Waals surface area contributed by atoms with Crippen molar-refractivity contribution < 1.29 is 17.9 Å². The van der Waals surface area contributed by atoms with Gasteiger partial charge >= 0.3 is 0 Å². The molecule has 1 aliphatic heterocycles. The summed E-state index contributed by atoms with van der Waals surface area (Å²) in [5.41, 5.74) is 1.19. The Bertz CT molecular complexity index is 857. The largest absolute Gasteiger partial charge is 0.378 e. The molecule has 1 aromatic heterocycles. The molecule has 9 heteroatoms. The van der Waals surface area contributed by atoms with Crippen LogP contribution in [-0.4, -0.2) is 63.3 Å². The summed E-state index contributed by atoms with van der Waals surface area (Å²) in [5, 5.41) is 0.914. The number of fused-ring (bicyclic) bond motifs is 1. The first kappa shape index (κ1) is 17.1. The van der Waals surface area contributed by atoms with Crippen LogP contribution >= 0.6 is 11.3 Å². The predicted molar refractivity (Wildman–Crippen MR) is 93.9 cm³/mol. The lowest BCUT2D eigenvalue weighted by Crippen LogP contribution is -2.47. The summed E-state index contributed by atoms with van der Waals surface area (Å²) in [5.74, 6) is -0.224. The van der Waals surface area contributed by atoms with Gasteiger partial charge in [-0.3, -0.25) is 9.10 Å². The average Bonchev–Trinajstić information content (AvgIpc) is 2.91. The summed E-state index contributed by atoms with van der Waals surface area (Å²) >= 11 is 1.55. The van der Waals surface area contributed by atoms with Crippen molar-refractivity contribution >= 4 is 43.2 Å². The molecule has 2 aromatic rings. The van der Waals surface area contributed by atoms with Crippen LogP contribution in [-0.2, 0) is 19.6 Å². The third kappa shape index (κ3) is 3.68. The number of benzene rings is 1. The van der Waals surface area contributed by atoms with Crippen molar-refractivity contribution in [1.82, 2.24) is 9.88 Å². The Balaban J connectivity index is 1.89. The zero-order valence-corrected chi connectivity index (χ0v) is 15.2. The van der Waals surface area contributed by atoms with E-state index < -0.39 is 10.0 Å². The van der Waals surface area contributed by atoms with Gasteiger partial charge < -0.3 is 9.64 Å². The maximum atomic E-state index is 12.4. The van der Waals surface area contributed by atoms with Crippen LogP contribution in [0.4, 0.5) is 5.69 Å². The molecule has 7 nitrogen and oxygen atoms in total. The molecule has 0 N–H and O–H groups in total. The molecule has 1 amide bonds. The highest BCUT2D eigenvalue weighted by molar-refractivity contribution is 7.92. The Labute approximate surface area is 144 Å². The third-order valence-corrected chi connectivity index (χ3v) is 5.90. The molecule has 24 heavy (non-hydrogen) atoms. The number of hydrogen-bond acceptors (Lipinski definition) is 6. The van der Waals surface area contributed by atoms with E-state index >= 15 is 0 Å². The number of carbonyl (C=O) groups excluding carboxylic acids is 1. The summed E-state index contributed by atoms with van der Waals surface area (Å²) in [6.45, 7) is 3.62. The summed E-state index contributed by atoms with van der Waals surface area (Å²) in [7, 11) is -3.58. The van der Waals surface area contributed by atoms with Crippen molar-refractivity contribution in [1.29, 1.82) is 0 Å². The number of morpholine rings is 1. The zero-order valence-electron chi connectivity index (χ0n) is 13.6. The molecular formula is C15H19N3O4S2. The predicted octanol–water partition coefficient (Wildman–Crippen LogP) is 1.23. The van der Waals surface area contributed by atoms with E-state index in [4.69, 9.17) is 4.74 Å². The second-order valence-electron chi connectivity index (χ2n) is 5.65. The first-order valence-electron chi connectivity index (χ1n) is 7.55. The number of hydrogen-bond donors (Lipinski definition) is 0. The highest BCUT2D eigenvalue weighted by Crippen LogP contribution is 2.27. The summed E-state index contributed by atoms with van der Waals surface area (Å²) in [6, 6.07) is 5.27. The number of sulfonamides is 1. The third-order valence-electron chi connectivity index (χ3n) is 3.81. The fraction of sp³-hybridized carbons (Fsp3) is 0.467. The normalized spacial score (nSPS) is 15.7. The molecule has 0 bridgehead atoms. The highest BCUT2D eigenvalue weighted by Gasteiger charge is 2.25. The summed E-state index contributed by atoms with van der Waals surface area (Å²) in [6.07, 6.45) is 1.11. The van der Waals surface area contributed by atoms with Gasteiger partial charge in [-0.1, -0.05) is 0 Å². The molecule has 0 unspecified atom stereocenters. The lowest BCUT2D eigenvalue weighted by atomic mass is 10.3. The monoisotopic (exact) mass is 369 g/mol. The van der Waals surface area contributed by atoms with Gasteiger partial charge in [0.25, 0.3) is 0 Å². The van der Waals surface area contributed by atoms with Crippen LogP contribution in [0.2, 0.25) is 0 Å². The van der Waals surface area contributed by atoms with E-state index in [1.165, 1.54) is 0 Å². The molecule has 0 aliphatic carbocycles. The van der Waals surface area contributed by atoms with Crippen LogP contribution in [0.3, 0.4) is 0 Å². The van der Waals surface area contributed by atoms with E-state index in [0.717, 1.165) is 25.8 Å².